The number of nitrogens with zero attached hydrogens (tertiary/aromatic N) is 4. The van der Waals surface area contributed by atoms with Crippen molar-refractivity contribution in [2.24, 2.45) is 0 Å². The lowest BCUT2D eigenvalue weighted by atomic mass is 10.1. The van der Waals surface area contributed by atoms with E-state index < -0.39 is 5.97 Å². The fourth-order valence-electron chi connectivity index (χ4n) is 2.64. The minimum Gasteiger partial charge on any atom is -0.478 e. The van der Waals surface area contributed by atoms with E-state index >= 15 is 0 Å². The van der Waals surface area contributed by atoms with Gasteiger partial charge in [-0.3, -0.25) is 9.38 Å². The molecule has 4 aromatic rings. The highest BCUT2D eigenvalue weighted by Gasteiger charge is 2.14. The molecule has 0 amide bonds. The van der Waals surface area contributed by atoms with Crippen LogP contribution in [-0.2, 0) is 0 Å². The highest BCUT2D eigenvalue weighted by Crippen LogP contribution is 2.20. The fourth-order valence-corrected chi connectivity index (χ4v) is 2.64. The summed E-state index contributed by atoms with van der Waals surface area (Å²) in [6.45, 7) is 0. The third-order valence-corrected chi connectivity index (χ3v) is 3.77. The monoisotopic (exact) mass is 328 g/mol. The van der Waals surface area contributed by atoms with Crippen LogP contribution < -0.4 is 0 Å². The van der Waals surface area contributed by atoms with E-state index in [0.29, 0.717) is 22.6 Å². The molecule has 25 heavy (non-hydrogen) atoms. The Morgan fingerprint density at radius 1 is 1.04 bits per heavy atom. The van der Waals surface area contributed by atoms with Crippen LogP contribution in [0.25, 0.3) is 11.3 Å². The summed E-state index contributed by atoms with van der Waals surface area (Å²) in [7, 11) is 0. The van der Waals surface area contributed by atoms with Crippen molar-refractivity contribution in [2.45, 2.75) is 0 Å². The number of rotatable bonds is 2. The van der Waals surface area contributed by atoms with Crippen LogP contribution in [0.5, 0.6) is 0 Å². The van der Waals surface area contributed by atoms with Crippen molar-refractivity contribution >= 4 is 11.6 Å². The Kier molecular flexibility index (Phi) is 3.52. The normalized spacial score (nSPS) is 10.4. The van der Waals surface area contributed by atoms with Crippen molar-refractivity contribution in [3.8, 4) is 17.5 Å². The maximum absolute atomic E-state index is 11.6. The number of hydrogen-bond donors (Lipinski definition) is 1. The minimum absolute atomic E-state index is 0.199. The van der Waals surface area contributed by atoms with Crippen molar-refractivity contribution in [3.63, 3.8) is 0 Å². The van der Waals surface area contributed by atoms with Crippen LogP contribution in [0.3, 0.4) is 0 Å². The van der Waals surface area contributed by atoms with Crippen molar-refractivity contribution in [1.29, 1.82) is 0 Å². The first-order valence-corrected chi connectivity index (χ1v) is 7.53. The second-order valence-electron chi connectivity index (χ2n) is 5.30. The lowest BCUT2D eigenvalue weighted by Gasteiger charge is -2.10. The van der Waals surface area contributed by atoms with Crippen molar-refractivity contribution in [1.82, 2.24) is 18.9 Å². The van der Waals surface area contributed by atoms with Gasteiger partial charge in [-0.05, 0) is 30.2 Å². The zero-order valence-corrected chi connectivity index (χ0v) is 13.0. The van der Waals surface area contributed by atoms with Crippen LogP contribution in [0.2, 0.25) is 0 Å². The van der Waals surface area contributed by atoms with Gasteiger partial charge in [-0.1, -0.05) is 12.0 Å². The highest BCUT2D eigenvalue weighted by molar-refractivity contribution is 5.93. The summed E-state index contributed by atoms with van der Waals surface area (Å²) in [5, 5.41) is 9.50. The van der Waals surface area contributed by atoms with Gasteiger partial charge in [0.25, 0.3) is 0 Å². The number of carbonyl (C=O) groups is 1. The third-order valence-electron chi connectivity index (χ3n) is 3.77. The van der Waals surface area contributed by atoms with Gasteiger partial charge in [0.05, 0.1) is 23.6 Å². The number of benzene rings is 1. The molecule has 120 valence electrons. The van der Waals surface area contributed by atoms with Gasteiger partial charge in [-0.15, -0.1) is 0 Å². The fraction of sp³-hybridized carbons (Fsp3) is 0. The Hall–Kier alpha value is -3.85. The van der Waals surface area contributed by atoms with E-state index in [1.807, 2.05) is 16.5 Å². The number of hydrogen-bond acceptors (Lipinski definition) is 3. The van der Waals surface area contributed by atoms with Gasteiger partial charge < -0.3 is 9.67 Å². The molecule has 6 heteroatoms. The Balaban J connectivity index is 1.87. The van der Waals surface area contributed by atoms with Gasteiger partial charge in [-0.2, -0.15) is 0 Å². The molecule has 0 saturated carbocycles. The van der Waals surface area contributed by atoms with Crippen molar-refractivity contribution in [2.75, 3.05) is 0 Å². The topological polar surface area (TPSA) is 72.4 Å². The van der Waals surface area contributed by atoms with E-state index in [9.17, 15) is 9.90 Å². The SMILES string of the molecule is O=C(O)c1cccc(C#Cc2cnc3cnccn23)c1-n1cccc1. The zero-order valence-electron chi connectivity index (χ0n) is 13.0. The lowest BCUT2D eigenvalue weighted by molar-refractivity contribution is 0.0697. The summed E-state index contributed by atoms with van der Waals surface area (Å²) in [4.78, 5) is 19.9. The molecule has 3 heterocycles. The molecular formula is C19H12N4O2. The zero-order chi connectivity index (χ0) is 17.2. The molecule has 0 aliphatic carbocycles. The maximum Gasteiger partial charge on any atom is 0.337 e. The predicted octanol–water partition coefficient (Wildman–Crippen LogP) is 2.62. The standard InChI is InChI=1S/C19H12N4O2/c24-19(25)16-5-3-4-14(18(16)22-9-1-2-10-22)6-7-15-12-21-17-13-20-8-11-23(15)17/h1-5,8-13H,(H,24,25). The summed E-state index contributed by atoms with van der Waals surface area (Å²) in [5.41, 5.74) is 2.78. The molecule has 0 bridgehead atoms. The number of fused-ring (bicyclic) bond motifs is 1. The molecule has 0 atom stereocenters. The van der Waals surface area contributed by atoms with Crippen LogP contribution >= 0.6 is 0 Å². The molecule has 0 saturated heterocycles. The summed E-state index contributed by atoms with van der Waals surface area (Å²) in [6.07, 6.45) is 10.4. The smallest absolute Gasteiger partial charge is 0.337 e. The summed E-state index contributed by atoms with van der Waals surface area (Å²) in [5.74, 6) is 5.15. The van der Waals surface area contributed by atoms with Crippen LogP contribution in [0.4, 0.5) is 0 Å². The molecule has 0 aliphatic rings. The van der Waals surface area contributed by atoms with E-state index in [2.05, 4.69) is 21.8 Å². The highest BCUT2D eigenvalue weighted by atomic mass is 16.4. The Bertz CT molecular complexity index is 1130. The molecular weight excluding hydrogens is 316 g/mol. The first-order chi connectivity index (χ1) is 12.2. The van der Waals surface area contributed by atoms with Crippen molar-refractivity contribution < 1.29 is 9.90 Å². The summed E-state index contributed by atoms with van der Waals surface area (Å²) < 4.78 is 3.59. The van der Waals surface area contributed by atoms with Crippen molar-refractivity contribution in [3.05, 3.63) is 84.3 Å². The van der Waals surface area contributed by atoms with E-state index in [0.717, 1.165) is 0 Å². The second kappa shape index (κ2) is 5.98. The van der Waals surface area contributed by atoms with Gasteiger partial charge in [0, 0.05) is 30.4 Å². The Morgan fingerprint density at radius 2 is 1.88 bits per heavy atom. The number of para-hydroxylation sites is 1. The van der Waals surface area contributed by atoms with Gasteiger partial charge in [-0.25, -0.2) is 9.78 Å². The molecule has 0 radical (unpaired) electrons. The van der Waals surface area contributed by atoms with E-state index in [4.69, 9.17) is 0 Å². The van der Waals surface area contributed by atoms with Crippen LogP contribution in [0.15, 0.2) is 67.5 Å². The first kappa shape index (κ1) is 14.7. The number of aromatic carboxylic acids is 1. The van der Waals surface area contributed by atoms with E-state index in [-0.39, 0.29) is 5.56 Å². The van der Waals surface area contributed by atoms with Crippen LogP contribution in [0.1, 0.15) is 21.6 Å². The van der Waals surface area contributed by atoms with E-state index in [1.54, 1.807) is 59.9 Å². The van der Waals surface area contributed by atoms with Gasteiger partial charge in [0.15, 0.2) is 5.65 Å². The molecule has 0 fully saturated rings. The molecule has 4 rings (SSSR count). The molecule has 0 aliphatic heterocycles. The van der Waals surface area contributed by atoms with E-state index in [1.165, 1.54) is 0 Å². The Morgan fingerprint density at radius 3 is 2.68 bits per heavy atom. The molecule has 0 unspecified atom stereocenters. The molecule has 0 spiro atoms. The molecule has 1 aromatic carbocycles. The predicted molar refractivity (Wildman–Crippen MR) is 91.7 cm³/mol. The molecule has 1 N–H and O–H groups in total. The maximum atomic E-state index is 11.6. The van der Waals surface area contributed by atoms with Crippen LogP contribution in [0, 0.1) is 11.8 Å². The largest absolute Gasteiger partial charge is 0.478 e. The Labute approximate surface area is 143 Å². The minimum atomic E-state index is -0.992. The second-order valence-corrected chi connectivity index (χ2v) is 5.30. The summed E-state index contributed by atoms with van der Waals surface area (Å²) in [6, 6.07) is 8.75. The lowest BCUT2D eigenvalue weighted by Crippen LogP contribution is -2.06. The van der Waals surface area contributed by atoms with Crippen LogP contribution in [-0.4, -0.2) is 30.0 Å². The average Bonchev–Trinajstić information content (AvgIpc) is 3.29. The van der Waals surface area contributed by atoms with Gasteiger partial charge >= 0.3 is 5.97 Å². The number of imidazole rings is 1. The quantitative estimate of drug-likeness (QED) is 0.574. The van der Waals surface area contributed by atoms with Gasteiger partial charge in [0.2, 0.25) is 0 Å². The average molecular weight is 328 g/mol. The third kappa shape index (κ3) is 2.64. The first-order valence-electron chi connectivity index (χ1n) is 7.53. The summed E-state index contributed by atoms with van der Waals surface area (Å²) >= 11 is 0. The number of aromatic nitrogens is 4. The van der Waals surface area contributed by atoms with Gasteiger partial charge in [0.1, 0.15) is 5.69 Å². The number of carboxylic acid groups (broad SMARTS) is 1. The number of carboxylic acids is 1. The molecule has 6 nitrogen and oxygen atoms in total. The molecule has 3 aromatic heterocycles.